The van der Waals surface area contributed by atoms with Gasteiger partial charge >= 0.3 is 6.18 Å². The molecule has 104 valence electrons. The van der Waals surface area contributed by atoms with Gasteiger partial charge in [0.15, 0.2) is 0 Å². The van der Waals surface area contributed by atoms with E-state index in [1.54, 1.807) is 4.90 Å². The first-order chi connectivity index (χ1) is 8.38. The Hall–Kier alpha value is -0.780. The lowest BCUT2D eigenvalue weighted by molar-refractivity contribution is -0.233. The largest absolute Gasteiger partial charge is 0.395 e. The van der Waals surface area contributed by atoms with Crippen LogP contribution < -0.4 is 5.73 Å². The molecule has 1 saturated heterocycles. The number of alkyl halides is 3. The normalized spacial score (nSPS) is 24.1. The van der Waals surface area contributed by atoms with Crippen molar-refractivity contribution in [2.75, 3.05) is 19.6 Å². The second-order valence-electron chi connectivity index (χ2n) is 5.51. The van der Waals surface area contributed by atoms with Crippen LogP contribution in [0.3, 0.4) is 0 Å². The number of hydrogen-bond acceptors (Lipinski definition) is 2. The smallest absolute Gasteiger partial charge is 0.343 e. The molecule has 0 unspecified atom stereocenters. The van der Waals surface area contributed by atoms with Crippen LogP contribution in [0, 0.1) is 11.3 Å². The van der Waals surface area contributed by atoms with Gasteiger partial charge in [0.2, 0.25) is 5.91 Å². The lowest BCUT2D eigenvalue weighted by Crippen LogP contribution is -2.53. The van der Waals surface area contributed by atoms with Crippen LogP contribution in [0.4, 0.5) is 13.2 Å². The minimum absolute atomic E-state index is 0.00490. The summed E-state index contributed by atoms with van der Waals surface area (Å²) < 4.78 is 38.9. The van der Waals surface area contributed by atoms with E-state index in [2.05, 4.69) is 0 Å². The van der Waals surface area contributed by atoms with E-state index in [4.69, 9.17) is 5.73 Å². The van der Waals surface area contributed by atoms with E-state index >= 15 is 0 Å². The van der Waals surface area contributed by atoms with E-state index in [1.165, 1.54) is 0 Å². The maximum atomic E-state index is 13.0. The molecule has 0 spiro atoms. The lowest BCUT2D eigenvalue weighted by Gasteiger charge is -2.42. The topological polar surface area (TPSA) is 46.3 Å². The molecule has 0 aromatic heterocycles. The number of piperidine rings is 1. The minimum Gasteiger partial charge on any atom is -0.343 e. The average Bonchev–Trinajstić information content (AvgIpc) is 3.11. The van der Waals surface area contributed by atoms with Crippen molar-refractivity contribution in [2.24, 2.45) is 17.1 Å². The second-order valence-corrected chi connectivity index (χ2v) is 5.51. The maximum absolute atomic E-state index is 13.0. The van der Waals surface area contributed by atoms with Gasteiger partial charge in [-0.2, -0.15) is 13.2 Å². The van der Waals surface area contributed by atoms with Crippen LogP contribution in [0.15, 0.2) is 0 Å². The van der Waals surface area contributed by atoms with Crippen LogP contribution >= 0.6 is 0 Å². The zero-order valence-corrected chi connectivity index (χ0v) is 10.3. The zero-order valence-electron chi connectivity index (χ0n) is 10.3. The van der Waals surface area contributed by atoms with Crippen molar-refractivity contribution in [3.05, 3.63) is 0 Å². The third-order valence-corrected chi connectivity index (χ3v) is 4.23. The molecular formula is C12H19F3N2O. The van der Waals surface area contributed by atoms with Crippen LogP contribution in [0.5, 0.6) is 0 Å². The van der Waals surface area contributed by atoms with Crippen molar-refractivity contribution < 1.29 is 18.0 Å². The Morgan fingerprint density at radius 3 is 2.22 bits per heavy atom. The second kappa shape index (κ2) is 4.72. The first-order valence-corrected chi connectivity index (χ1v) is 6.42. The summed E-state index contributed by atoms with van der Waals surface area (Å²) >= 11 is 0. The summed E-state index contributed by atoms with van der Waals surface area (Å²) in [6.07, 6.45) is -1.74. The van der Waals surface area contributed by atoms with Crippen molar-refractivity contribution in [1.29, 1.82) is 0 Å². The van der Waals surface area contributed by atoms with Crippen molar-refractivity contribution in [2.45, 2.75) is 38.3 Å². The molecule has 2 aliphatic rings. The van der Waals surface area contributed by atoms with Gasteiger partial charge < -0.3 is 10.6 Å². The zero-order chi connectivity index (χ0) is 13.4. The SMILES string of the molecule is NCC1(C(F)(F)F)CCN(C(=O)CC2CC2)CC1. The molecule has 1 aliphatic heterocycles. The predicted octanol–water partition coefficient (Wildman–Crippen LogP) is 1.92. The lowest BCUT2D eigenvalue weighted by atomic mass is 9.77. The number of halogens is 3. The molecule has 6 heteroatoms. The van der Waals surface area contributed by atoms with Gasteiger partial charge in [-0.1, -0.05) is 0 Å². The number of rotatable bonds is 3. The summed E-state index contributed by atoms with van der Waals surface area (Å²) in [6, 6.07) is 0. The highest BCUT2D eigenvalue weighted by Gasteiger charge is 2.54. The molecule has 3 nitrogen and oxygen atoms in total. The quantitative estimate of drug-likeness (QED) is 0.846. The van der Waals surface area contributed by atoms with Crippen molar-refractivity contribution in [1.82, 2.24) is 4.90 Å². The molecule has 2 N–H and O–H groups in total. The average molecular weight is 264 g/mol. The molecule has 0 aromatic rings. The van der Waals surface area contributed by atoms with Crippen LogP contribution in [0.25, 0.3) is 0 Å². The standard InChI is InChI=1S/C12H19F3N2O/c13-12(14,15)11(8-16)3-5-17(6-4-11)10(18)7-9-1-2-9/h9H,1-8,16H2. The number of hydrogen-bond donors (Lipinski definition) is 1. The van der Waals surface area contributed by atoms with E-state index in [1.807, 2.05) is 0 Å². The van der Waals surface area contributed by atoms with E-state index in [9.17, 15) is 18.0 Å². The fourth-order valence-electron chi connectivity index (χ4n) is 2.49. The van der Waals surface area contributed by atoms with Gasteiger partial charge in [-0.05, 0) is 31.6 Å². The van der Waals surface area contributed by atoms with Gasteiger partial charge in [0.1, 0.15) is 0 Å². The summed E-state index contributed by atoms with van der Waals surface area (Å²) in [5.41, 5.74) is 3.52. The van der Waals surface area contributed by atoms with Gasteiger partial charge in [0.05, 0.1) is 5.41 Å². The van der Waals surface area contributed by atoms with Crippen molar-refractivity contribution >= 4 is 5.91 Å². The summed E-state index contributed by atoms with van der Waals surface area (Å²) in [5, 5.41) is 0. The number of nitrogens with zero attached hydrogens (tertiary/aromatic N) is 1. The van der Waals surface area contributed by atoms with Gasteiger partial charge in [0, 0.05) is 26.1 Å². The molecule has 18 heavy (non-hydrogen) atoms. The molecule has 0 radical (unpaired) electrons. The number of amides is 1. The van der Waals surface area contributed by atoms with Crippen LogP contribution in [0.1, 0.15) is 32.1 Å². The van der Waals surface area contributed by atoms with E-state index < -0.39 is 11.6 Å². The Balaban J connectivity index is 1.91. The third-order valence-electron chi connectivity index (χ3n) is 4.23. The Bertz CT molecular complexity index is 318. The van der Waals surface area contributed by atoms with Gasteiger partial charge in [0.25, 0.3) is 0 Å². The number of carbonyl (C=O) groups excluding carboxylic acids is 1. The fourth-order valence-corrected chi connectivity index (χ4v) is 2.49. The first-order valence-electron chi connectivity index (χ1n) is 6.42. The molecule has 0 bridgehead atoms. The predicted molar refractivity (Wildman–Crippen MR) is 60.7 cm³/mol. The number of carbonyl (C=O) groups is 1. The van der Waals surface area contributed by atoms with Crippen LogP contribution in [-0.4, -0.2) is 36.6 Å². The van der Waals surface area contributed by atoms with Gasteiger partial charge in [-0.3, -0.25) is 4.79 Å². The minimum atomic E-state index is -4.27. The Labute approximate surface area is 104 Å². The summed E-state index contributed by atoms with van der Waals surface area (Å²) in [7, 11) is 0. The maximum Gasteiger partial charge on any atom is 0.395 e. The number of nitrogens with two attached hydrogens (primary N) is 1. The molecule has 0 aromatic carbocycles. The highest BCUT2D eigenvalue weighted by molar-refractivity contribution is 5.76. The molecule has 1 amide bonds. The van der Waals surface area contributed by atoms with E-state index in [-0.39, 0.29) is 38.4 Å². The molecule has 2 rings (SSSR count). The van der Waals surface area contributed by atoms with Crippen LogP contribution in [0.2, 0.25) is 0 Å². The molecule has 1 heterocycles. The Kier molecular flexibility index (Phi) is 3.58. The Morgan fingerprint density at radius 2 is 1.83 bits per heavy atom. The van der Waals surface area contributed by atoms with Gasteiger partial charge in [-0.15, -0.1) is 0 Å². The highest BCUT2D eigenvalue weighted by Crippen LogP contribution is 2.45. The molecule has 0 atom stereocenters. The monoisotopic (exact) mass is 264 g/mol. The third kappa shape index (κ3) is 2.63. The molecule has 2 fully saturated rings. The molecule has 1 saturated carbocycles. The van der Waals surface area contributed by atoms with Crippen molar-refractivity contribution in [3.63, 3.8) is 0 Å². The van der Waals surface area contributed by atoms with Gasteiger partial charge in [-0.25, -0.2) is 0 Å². The van der Waals surface area contributed by atoms with E-state index in [0.29, 0.717) is 12.3 Å². The van der Waals surface area contributed by atoms with Crippen molar-refractivity contribution in [3.8, 4) is 0 Å². The summed E-state index contributed by atoms with van der Waals surface area (Å²) in [4.78, 5) is 13.4. The summed E-state index contributed by atoms with van der Waals surface area (Å²) in [5.74, 6) is 0.478. The van der Waals surface area contributed by atoms with E-state index in [0.717, 1.165) is 12.8 Å². The summed E-state index contributed by atoms with van der Waals surface area (Å²) in [6.45, 7) is -0.0221. The van der Waals surface area contributed by atoms with Crippen LogP contribution in [-0.2, 0) is 4.79 Å². The molecular weight excluding hydrogens is 245 g/mol. The fraction of sp³-hybridized carbons (Fsp3) is 0.917. The highest BCUT2D eigenvalue weighted by atomic mass is 19.4. The number of likely N-dealkylation sites (tertiary alicyclic amines) is 1. The molecule has 1 aliphatic carbocycles. The first kappa shape index (κ1) is 13.6. The Morgan fingerprint density at radius 1 is 1.28 bits per heavy atom.